The Morgan fingerprint density at radius 1 is 1.00 bits per heavy atom. The number of halogens is 3. The third-order valence-corrected chi connectivity index (χ3v) is 7.03. The fourth-order valence-corrected chi connectivity index (χ4v) is 4.99. The van der Waals surface area contributed by atoms with Gasteiger partial charge in [0.1, 0.15) is 11.5 Å². The Morgan fingerprint density at radius 3 is 2.26 bits per heavy atom. The topological polar surface area (TPSA) is 84.9 Å². The number of hydrogen-bond donors (Lipinski definition) is 1. The highest BCUT2D eigenvalue weighted by Crippen LogP contribution is 2.38. The van der Waals surface area contributed by atoms with E-state index in [1.165, 1.54) is 24.3 Å². The predicted octanol–water partition coefficient (Wildman–Crippen LogP) is 4.80. The Balaban J connectivity index is 1.59. The van der Waals surface area contributed by atoms with Crippen LogP contribution in [-0.2, 0) is 14.8 Å². The standard InChI is InChI=1S/C24H21F3N2O5S/c1-15-3-10-19(11-4-15)35(31,32)29-14-22(33-21-12-5-16(2)13-20(21)29)23(30)28-17-6-8-18(9-7-17)34-24(25,26)27/h3-13,22H,14H2,1-2H3,(H,28,30)/t22-/m1/s1. The fourth-order valence-electron chi connectivity index (χ4n) is 3.53. The molecule has 1 N–H and O–H groups in total. The second-order valence-electron chi connectivity index (χ2n) is 7.99. The van der Waals surface area contributed by atoms with E-state index in [1.54, 1.807) is 30.3 Å². The normalized spacial score (nSPS) is 15.7. The number of sulfonamides is 1. The third kappa shape index (κ3) is 5.51. The van der Waals surface area contributed by atoms with Crippen molar-refractivity contribution < 1.29 is 35.9 Å². The molecule has 0 unspecified atom stereocenters. The van der Waals surface area contributed by atoms with Crippen molar-refractivity contribution in [2.24, 2.45) is 0 Å². The molecule has 184 valence electrons. The van der Waals surface area contributed by atoms with Crippen LogP contribution in [-0.4, -0.2) is 33.3 Å². The van der Waals surface area contributed by atoms with E-state index in [4.69, 9.17) is 4.74 Å². The van der Waals surface area contributed by atoms with E-state index in [0.717, 1.165) is 27.6 Å². The lowest BCUT2D eigenvalue weighted by Crippen LogP contribution is -2.48. The monoisotopic (exact) mass is 506 g/mol. The van der Waals surface area contributed by atoms with Crippen molar-refractivity contribution in [2.75, 3.05) is 16.2 Å². The van der Waals surface area contributed by atoms with Gasteiger partial charge in [-0.15, -0.1) is 13.2 Å². The van der Waals surface area contributed by atoms with E-state index in [0.29, 0.717) is 5.69 Å². The van der Waals surface area contributed by atoms with Gasteiger partial charge in [0, 0.05) is 5.69 Å². The zero-order chi connectivity index (χ0) is 25.4. The summed E-state index contributed by atoms with van der Waals surface area (Å²) >= 11 is 0. The summed E-state index contributed by atoms with van der Waals surface area (Å²) in [7, 11) is -4.02. The molecular weight excluding hydrogens is 485 g/mol. The van der Waals surface area contributed by atoms with Crippen molar-refractivity contribution in [3.05, 3.63) is 77.9 Å². The van der Waals surface area contributed by atoms with Crippen molar-refractivity contribution in [1.82, 2.24) is 0 Å². The van der Waals surface area contributed by atoms with Gasteiger partial charge in [-0.1, -0.05) is 23.8 Å². The summed E-state index contributed by atoms with van der Waals surface area (Å²) in [5.41, 5.74) is 2.20. The molecule has 7 nitrogen and oxygen atoms in total. The molecule has 1 amide bonds. The first kappa shape index (κ1) is 24.4. The molecule has 1 heterocycles. The van der Waals surface area contributed by atoms with Crippen LogP contribution in [0.15, 0.2) is 71.6 Å². The van der Waals surface area contributed by atoms with Crippen LogP contribution in [0.2, 0.25) is 0 Å². The van der Waals surface area contributed by atoms with Crippen molar-refractivity contribution in [2.45, 2.75) is 31.2 Å². The molecule has 1 atom stereocenters. The maximum Gasteiger partial charge on any atom is 0.573 e. The van der Waals surface area contributed by atoms with E-state index in [1.807, 2.05) is 13.8 Å². The number of fused-ring (bicyclic) bond motifs is 1. The van der Waals surface area contributed by atoms with Gasteiger partial charge in [0.2, 0.25) is 0 Å². The van der Waals surface area contributed by atoms with Gasteiger partial charge in [0.25, 0.3) is 15.9 Å². The first-order valence-corrected chi connectivity index (χ1v) is 11.9. The largest absolute Gasteiger partial charge is 0.573 e. The zero-order valence-corrected chi connectivity index (χ0v) is 19.5. The molecule has 0 radical (unpaired) electrons. The van der Waals surface area contributed by atoms with Gasteiger partial charge in [0.05, 0.1) is 17.1 Å². The smallest absolute Gasteiger partial charge is 0.476 e. The first-order valence-electron chi connectivity index (χ1n) is 10.5. The second kappa shape index (κ2) is 9.14. The van der Waals surface area contributed by atoms with Crippen LogP contribution in [0, 0.1) is 13.8 Å². The summed E-state index contributed by atoms with van der Waals surface area (Å²) in [5.74, 6) is -0.888. The SMILES string of the molecule is Cc1ccc(S(=O)(=O)N2C[C@H](C(=O)Nc3ccc(OC(F)(F)F)cc3)Oc3ccc(C)cc32)cc1. The molecule has 3 aromatic carbocycles. The molecule has 3 aromatic rings. The number of aryl methyl sites for hydroxylation is 2. The number of carbonyl (C=O) groups excluding carboxylic acids is 1. The number of amides is 1. The fraction of sp³-hybridized carbons (Fsp3) is 0.208. The molecular formula is C24H21F3N2O5S. The molecule has 11 heteroatoms. The van der Waals surface area contributed by atoms with Crippen molar-refractivity contribution in [1.29, 1.82) is 0 Å². The number of alkyl halides is 3. The first-order chi connectivity index (χ1) is 16.4. The van der Waals surface area contributed by atoms with Gasteiger partial charge >= 0.3 is 6.36 Å². The summed E-state index contributed by atoms with van der Waals surface area (Å²) in [4.78, 5) is 13.0. The average molecular weight is 507 g/mol. The van der Waals surface area contributed by atoms with Crippen molar-refractivity contribution in [3.63, 3.8) is 0 Å². The molecule has 4 rings (SSSR count). The molecule has 0 fully saturated rings. The molecule has 0 saturated carbocycles. The van der Waals surface area contributed by atoms with Gasteiger partial charge < -0.3 is 14.8 Å². The van der Waals surface area contributed by atoms with E-state index >= 15 is 0 Å². The lowest BCUT2D eigenvalue weighted by Gasteiger charge is -2.35. The van der Waals surface area contributed by atoms with E-state index in [-0.39, 0.29) is 22.9 Å². The Hall–Kier alpha value is -3.73. The van der Waals surface area contributed by atoms with Crippen LogP contribution in [0.3, 0.4) is 0 Å². The number of carbonyl (C=O) groups is 1. The lowest BCUT2D eigenvalue weighted by atomic mass is 10.1. The van der Waals surface area contributed by atoms with Gasteiger partial charge in [-0.05, 0) is 67.9 Å². The molecule has 1 aliphatic heterocycles. The highest BCUT2D eigenvalue weighted by molar-refractivity contribution is 7.92. The van der Waals surface area contributed by atoms with Crippen LogP contribution in [0.4, 0.5) is 24.5 Å². The molecule has 0 saturated heterocycles. The highest BCUT2D eigenvalue weighted by Gasteiger charge is 2.38. The summed E-state index contributed by atoms with van der Waals surface area (Å²) < 4.78 is 74.8. The van der Waals surface area contributed by atoms with Crippen molar-refractivity contribution >= 4 is 27.3 Å². The Kier molecular flexibility index (Phi) is 6.37. The predicted molar refractivity (Wildman–Crippen MR) is 123 cm³/mol. The molecule has 0 bridgehead atoms. The minimum absolute atomic E-state index is 0.0665. The molecule has 0 spiro atoms. The van der Waals surface area contributed by atoms with Crippen LogP contribution >= 0.6 is 0 Å². The van der Waals surface area contributed by atoms with Crippen LogP contribution in [0.1, 0.15) is 11.1 Å². The summed E-state index contributed by atoms with van der Waals surface area (Å²) in [6.07, 6.45) is -6.05. The second-order valence-corrected chi connectivity index (χ2v) is 9.85. The number of nitrogens with zero attached hydrogens (tertiary/aromatic N) is 1. The number of anilines is 2. The number of hydrogen-bond acceptors (Lipinski definition) is 5. The number of ether oxygens (including phenoxy) is 2. The van der Waals surface area contributed by atoms with Gasteiger partial charge in [-0.3, -0.25) is 9.10 Å². The average Bonchev–Trinajstić information content (AvgIpc) is 2.79. The van der Waals surface area contributed by atoms with Gasteiger partial charge in [-0.25, -0.2) is 8.42 Å². The molecule has 1 aliphatic rings. The minimum atomic E-state index is -4.83. The van der Waals surface area contributed by atoms with E-state index < -0.39 is 34.1 Å². The summed E-state index contributed by atoms with van der Waals surface area (Å²) in [6, 6.07) is 15.9. The number of benzene rings is 3. The Labute approximate surface area is 200 Å². The molecule has 0 aliphatic carbocycles. The quantitative estimate of drug-likeness (QED) is 0.538. The van der Waals surface area contributed by atoms with Gasteiger partial charge in [0.15, 0.2) is 6.10 Å². The van der Waals surface area contributed by atoms with Crippen LogP contribution in [0.25, 0.3) is 0 Å². The zero-order valence-electron chi connectivity index (χ0n) is 18.7. The maximum atomic E-state index is 13.5. The van der Waals surface area contributed by atoms with Crippen molar-refractivity contribution in [3.8, 4) is 11.5 Å². The van der Waals surface area contributed by atoms with Crippen LogP contribution in [0.5, 0.6) is 11.5 Å². The van der Waals surface area contributed by atoms with Gasteiger partial charge in [-0.2, -0.15) is 0 Å². The number of nitrogens with one attached hydrogen (secondary N) is 1. The Bertz CT molecular complexity index is 1340. The third-order valence-electron chi connectivity index (χ3n) is 5.24. The maximum absolute atomic E-state index is 13.5. The van der Waals surface area contributed by atoms with E-state index in [2.05, 4.69) is 10.1 Å². The van der Waals surface area contributed by atoms with E-state index in [9.17, 15) is 26.4 Å². The summed E-state index contributed by atoms with van der Waals surface area (Å²) in [6.45, 7) is 3.35. The Morgan fingerprint density at radius 2 is 1.63 bits per heavy atom. The highest BCUT2D eigenvalue weighted by atomic mass is 32.2. The van der Waals surface area contributed by atoms with Crippen LogP contribution < -0.4 is 19.1 Å². The molecule has 35 heavy (non-hydrogen) atoms. The lowest BCUT2D eigenvalue weighted by molar-refractivity contribution is -0.274. The molecule has 0 aromatic heterocycles. The summed E-state index contributed by atoms with van der Waals surface area (Å²) in [5, 5.41) is 2.54. The minimum Gasteiger partial charge on any atom is -0.476 e. The number of rotatable bonds is 5.